The van der Waals surface area contributed by atoms with Gasteiger partial charge >= 0.3 is 0 Å². The standard InChI is InChI=1S/C19H11FN2O3/c20-16-8-7-14(22(23)24)11-15(16)19-21-17-10-13(6-9-18(17)25-19)12-4-2-1-3-5-12/h1-11H. The van der Waals surface area contributed by atoms with Crippen LogP contribution in [0.1, 0.15) is 0 Å². The van der Waals surface area contributed by atoms with Crippen LogP contribution in [0, 0.1) is 15.9 Å². The van der Waals surface area contributed by atoms with Crippen LogP contribution in [0.5, 0.6) is 0 Å². The zero-order chi connectivity index (χ0) is 17.4. The Hall–Kier alpha value is -3.54. The van der Waals surface area contributed by atoms with Crippen molar-refractivity contribution in [1.29, 1.82) is 0 Å². The van der Waals surface area contributed by atoms with Crippen molar-refractivity contribution in [3.63, 3.8) is 0 Å². The summed E-state index contributed by atoms with van der Waals surface area (Å²) in [6, 6.07) is 18.5. The number of aromatic nitrogens is 1. The molecule has 0 atom stereocenters. The molecule has 0 unspecified atom stereocenters. The molecule has 1 heterocycles. The van der Waals surface area contributed by atoms with Gasteiger partial charge in [-0.05, 0) is 29.3 Å². The molecule has 0 saturated heterocycles. The van der Waals surface area contributed by atoms with Crippen LogP contribution >= 0.6 is 0 Å². The topological polar surface area (TPSA) is 69.2 Å². The minimum Gasteiger partial charge on any atom is -0.436 e. The van der Waals surface area contributed by atoms with Crippen molar-refractivity contribution < 1.29 is 13.7 Å². The van der Waals surface area contributed by atoms with Crippen LogP contribution in [0.25, 0.3) is 33.7 Å². The second-order valence-corrected chi connectivity index (χ2v) is 5.49. The maximum absolute atomic E-state index is 14.1. The maximum Gasteiger partial charge on any atom is 0.270 e. The minimum atomic E-state index is -0.625. The number of oxazole rings is 1. The summed E-state index contributed by atoms with van der Waals surface area (Å²) in [6.45, 7) is 0. The third kappa shape index (κ3) is 2.74. The molecule has 0 fully saturated rings. The number of non-ortho nitro benzene ring substituents is 1. The van der Waals surface area contributed by atoms with Crippen molar-refractivity contribution in [2.45, 2.75) is 0 Å². The Morgan fingerprint density at radius 2 is 1.76 bits per heavy atom. The van der Waals surface area contributed by atoms with Gasteiger partial charge in [0, 0.05) is 12.1 Å². The number of hydrogen-bond donors (Lipinski definition) is 0. The van der Waals surface area contributed by atoms with Gasteiger partial charge in [-0.1, -0.05) is 36.4 Å². The number of hydrogen-bond acceptors (Lipinski definition) is 4. The van der Waals surface area contributed by atoms with Gasteiger partial charge in [0.25, 0.3) is 5.69 Å². The molecule has 0 bridgehead atoms. The van der Waals surface area contributed by atoms with Crippen molar-refractivity contribution >= 4 is 16.8 Å². The van der Waals surface area contributed by atoms with Crippen molar-refractivity contribution in [2.24, 2.45) is 0 Å². The number of nitrogens with zero attached hydrogens (tertiary/aromatic N) is 2. The second-order valence-electron chi connectivity index (χ2n) is 5.49. The molecule has 0 aliphatic carbocycles. The van der Waals surface area contributed by atoms with Gasteiger partial charge < -0.3 is 4.42 Å². The summed E-state index contributed by atoms with van der Waals surface area (Å²) in [5.41, 5.74) is 2.76. The zero-order valence-electron chi connectivity index (χ0n) is 12.8. The molecule has 3 aromatic carbocycles. The van der Waals surface area contributed by atoms with Crippen LogP contribution in [-0.4, -0.2) is 9.91 Å². The first-order chi connectivity index (χ1) is 12.1. The van der Waals surface area contributed by atoms with Gasteiger partial charge in [0.05, 0.1) is 10.5 Å². The molecule has 4 rings (SSSR count). The Bertz CT molecular complexity index is 1090. The molecule has 0 spiro atoms. The van der Waals surface area contributed by atoms with Gasteiger partial charge in [-0.3, -0.25) is 10.1 Å². The van der Waals surface area contributed by atoms with Crippen LogP contribution in [-0.2, 0) is 0 Å². The fraction of sp³-hybridized carbons (Fsp3) is 0. The molecule has 0 N–H and O–H groups in total. The van der Waals surface area contributed by atoms with E-state index >= 15 is 0 Å². The predicted molar refractivity (Wildman–Crippen MR) is 91.5 cm³/mol. The van der Waals surface area contributed by atoms with E-state index in [9.17, 15) is 14.5 Å². The Morgan fingerprint density at radius 1 is 0.960 bits per heavy atom. The number of nitro benzene ring substituents is 1. The van der Waals surface area contributed by atoms with Crippen LogP contribution in [0.3, 0.4) is 0 Å². The smallest absolute Gasteiger partial charge is 0.270 e. The van der Waals surface area contributed by atoms with Crippen LogP contribution in [0.15, 0.2) is 71.1 Å². The summed E-state index contributed by atoms with van der Waals surface area (Å²) in [6.07, 6.45) is 0. The first kappa shape index (κ1) is 15.0. The first-order valence-corrected chi connectivity index (χ1v) is 7.52. The van der Waals surface area contributed by atoms with Crippen molar-refractivity contribution in [1.82, 2.24) is 4.98 Å². The van der Waals surface area contributed by atoms with E-state index in [0.717, 1.165) is 29.3 Å². The lowest BCUT2D eigenvalue weighted by Crippen LogP contribution is -1.91. The molecule has 6 heteroatoms. The van der Waals surface area contributed by atoms with Crippen molar-refractivity contribution in [3.05, 3.63) is 82.7 Å². The number of halogens is 1. The normalized spacial score (nSPS) is 10.9. The molecular formula is C19H11FN2O3. The van der Waals surface area contributed by atoms with Crippen LogP contribution < -0.4 is 0 Å². The summed E-state index contributed by atoms with van der Waals surface area (Å²) in [5.74, 6) is -0.609. The number of rotatable bonds is 3. The van der Waals surface area contributed by atoms with E-state index in [0.29, 0.717) is 11.1 Å². The second kappa shape index (κ2) is 5.83. The molecule has 122 valence electrons. The molecule has 4 aromatic rings. The molecule has 0 aliphatic heterocycles. The van der Waals surface area contributed by atoms with Crippen LogP contribution in [0.4, 0.5) is 10.1 Å². The summed E-state index contributed by atoms with van der Waals surface area (Å²) in [5, 5.41) is 10.9. The molecule has 0 amide bonds. The summed E-state index contributed by atoms with van der Waals surface area (Å²) >= 11 is 0. The van der Waals surface area contributed by atoms with Gasteiger partial charge in [0.15, 0.2) is 5.58 Å². The highest BCUT2D eigenvalue weighted by atomic mass is 19.1. The highest BCUT2D eigenvalue weighted by Crippen LogP contribution is 2.31. The minimum absolute atomic E-state index is 0.0152. The van der Waals surface area contributed by atoms with E-state index in [2.05, 4.69) is 4.98 Å². The van der Waals surface area contributed by atoms with E-state index in [1.807, 2.05) is 42.5 Å². The Balaban J connectivity index is 1.82. The largest absolute Gasteiger partial charge is 0.436 e. The van der Waals surface area contributed by atoms with Crippen molar-refractivity contribution in [2.75, 3.05) is 0 Å². The summed E-state index contributed by atoms with van der Waals surface area (Å²) < 4.78 is 19.7. The highest BCUT2D eigenvalue weighted by molar-refractivity contribution is 5.82. The lowest BCUT2D eigenvalue weighted by Gasteiger charge is -1.99. The average molecular weight is 334 g/mol. The number of nitro groups is 1. The Labute approximate surface area is 141 Å². The van der Waals surface area contributed by atoms with Gasteiger partial charge in [-0.15, -0.1) is 0 Å². The van der Waals surface area contributed by atoms with Gasteiger partial charge in [0.2, 0.25) is 5.89 Å². The fourth-order valence-corrected chi connectivity index (χ4v) is 2.64. The zero-order valence-corrected chi connectivity index (χ0v) is 12.8. The van der Waals surface area contributed by atoms with Gasteiger partial charge in [-0.2, -0.15) is 0 Å². The molecule has 0 aliphatic rings. The SMILES string of the molecule is O=[N+]([O-])c1ccc(F)c(-c2nc3cc(-c4ccccc4)ccc3o2)c1. The predicted octanol–water partition coefficient (Wildman–Crippen LogP) is 5.21. The third-order valence-corrected chi connectivity index (χ3v) is 3.89. The van der Waals surface area contributed by atoms with E-state index in [-0.39, 0.29) is 17.1 Å². The summed E-state index contributed by atoms with van der Waals surface area (Å²) in [7, 11) is 0. The van der Waals surface area contributed by atoms with Crippen LogP contribution in [0.2, 0.25) is 0 Å². The quantitative estimate of drug-likeness (QED) is 0.381. The average Bonchev–Trinajstić information content (AvgIpc) is 3.05. The molecule has 0 radical (unpaired) electrons. The lowest BCUT2D eigenvalue weighted by molar-refractivity contribution is -0.384. The third-order valence-electron chi connectivity index (χ3n) is 3.89. The Morgan fingerprint density at radius 3 is 2.52 bits per heavy atom. The number of fused-ring (bicyclic) bond motifs is 1. The monoisotopic (exact) mass is 334 g/mol. The molecular weight excluding hydrogens is 323 g/mol. The maximum atomic E-state index is 14.1. The molecule has 1 aromatic heterocycles. The lowest BCUT2D eigenvalue weighted by atomic mass is 10.1. The molecule has 5 nitrogen and oxygen atoms in total. The van der Waals surface area contributed by atoms with Gasteiger partial charge in [0.1, 0.15) is 11.3 Å². The molecule has 25 heavy (non-hydrogen) atoms. The first-order valence-electron chi connectivity index (χ1n) is 7.52. The van der Waals surface area contributed by atoms with E-state index in [4.69, 9.17) is 4.42 Å². The Kier molecular flexibility index (Phi) is 3.50. The van der Waals surface area contributed by atoms with E-state index in [1.165, 1.54) is 0 Å². The highest BCUT2D eigenvalue weighted by Gasteiger charge is 2.17. The van der Waals surface area contributed by atoms with Crippen molar-refractivity contribution in [3.8, 4) is 22.6 Å². The van der Waals surface area contributed by atoms with E-state index in [1.54, 1.807) is 6.07 Å². The number of benzene rings is 3. The fourth-order valence-electron chi connectivity index (χ4n) is 2.64. The molecule has 0 saturated carbocycles. The van der Waals surface area contributed by atoms with E-state index < -0.39 is 10.7 Å². The summed E-state index contributed by atoms with van der Waals surface area (Å²) in [4.78, 5) is 14.6. The van der Waals surface area contributed by atoms with Gasteiger partial charge in [-0.25, -0.2) is 9.37 Å².